The summed E-state index contributed by atoms with van der Waals surface area (Å²) in [5.74, 6) is 2.05. The molecule has 0 saturated heterocycles. The molecule has 1 aromatic carbocycles. The van der Waals surface area contributed by atoms with Gasteiger partial charge >= 0.3 is 0 Å². The number of aryl methyl sites for hydroxylation is 2. The van der Waals surface area contributed by atoms with Crippen LogP contribution in [-0.2, 0) is 7.05 Å². The van der Waals surface area contributed by atoms with Crippen molar-refractivity contribution in [1.82, 2.24) is 25.1 Å². The Kier molecular flexibility index (Phi) is 6.06. The third kappa shape index (κ3) is 4.78. The quantitative estimate of drug-likeness (QED) is 0.636. The predicted molar refractivity (Wildman–Crippen MR) is 124 cm³/mol. The molecule has 2 N–H and O–H groups in total. The van der Waals surface area contributed by atoms with Gasteiger partial charge in [-0.25, -0.2) is 4.98 Å². The van der Waals surface area contributed by atoms with E-state index in [-0.39, 0.29) is 5.91 Å². The van der Waals surface area contributed by atoms with Crippen LogP contribution in [0.5, 0.6) is 0 Å². The molecule has 8 heteroatoms. The van der Waals surface area contributed by atoms with Crippen molar-refractivity contribution in [2.45, 2.75) is 38.6 Å². The summed E-state index contributed by atoms with van der Waals surface area (Å²) >= 11 is 0. The first-order chi connectivity index (χ1) is 14.9. The molecule has 8 nitrogen and oxygen atoms in total. The van der Waals surface area contributed by atoms with E-state index in [1.165, 1.54) is 0 Å². The van der Waals surface area contributed by atoms with Gasteiger partial charge in [0.25, 0.3) is 5.91 Å². The molecule has 2 aromatic heterocycles. The van der Waals surface area contributed by atoms with Gasteiger partial charge in [-0.05, 0) is 56.7 Å². The van der Waals surface area contributed by atoms with Gasteiger partial charge in [-0.2, -0.15) is 10.1 Å². The van der Waals surface area contributed by atoms with E-state index >= 15 is 0 Å². The summed E-state index contributed by atoms with van der Waals surface area (Å²) in [6, 6.07) is 10.3. The summed E-state index contributed by atoms with van der Waals surface area (Å²) in [6.07, 6.45) is 4.21. The van der Waals surface area contributed by atoms with E-state index in [9.17, 15) is 4.79 Å². The van der Waals surface area contributed by atoms with Gasteiger partial charge in [0.1, 0.15) is 11.5 Å². The largest absolute Gasteiger partial charge is 0.362 e. The van der Waals surface area contributed by atoms with Crippen LogP contribution in [0.25, 0.3) is 10.9 Å². The molecule has 0 unspecified atom stereocenters. The van der Waals surface area contributed by atoms with Crippen LogP contribution in [0.1, 0.15) is 41.9 Å². The highest BCUT2D eigenvalue weighted by molar-refractivity contribution is 5.92. The fraction of sp³-hybridized carbons (Fsp3) is 0.478. The number of para-hydroxylation sites is 1. The van der Waals surface area contributed by atoms with Crippen LogP contribution in [0.2, 0.25) is 0 Å². The highest BCUT2D eigenvalue weighted by Gasteiger charge is 2.23. The number of carbonyl (C=O) groups excluding carboxylic acids is 1. The van der Waals surface area contributed by atoms with Crippen LogP contribution < -0.4 is 15.5 Å². The highest BCUT2D eigenvalue weighted by Crippen LogP contribution is 2.28. The van der Waals surface area contributed by atoms with Gasteiger partial charge in [-0.15, -0.1) is 0 Å². The van der Waals surface area contributed by atoms with Crippen LogP contribution in [0.15, 0.2) is 30.3 Å². The number of aromatic nitrogens is 4. The van der Waals surface area contributed by atoms with Crippen molar-refractivity contribution in [3.8, 4) is 0 Å². The predicted octanol–water partition coefficient (Wildman–Crippen LogP) is 3.14. The Morgan fingerprint density at radius 2 is 1.90 bits per heavy atom. The molecule has 1 aliphatic rings. The number of nitrogens with one attached hydrogen (secondary N) is 2. The summed E-state index contributed by atoms with van der Waals surface area (Å²) in [4.78, 5) is 23.9. The van der Waals surface area contributed by atoms with E-state index < -0.39 is 0 Å². The number of anilines is 2. The maximum absolute atomic E-state index is 12.4. The topological polar surface area (TPSA) is 88.0 Å². The number of nitrogens with zero attached hydrogens (tertiary/aromatic N) is 5. The Labute approximate surface area is 183 Å². The van der Waals surface area contributed by atoms with E-state index in [4.69, 9.17) is 9.97 Å². The monoisotopic (exact) mass is 421 g/mol. The number of hydrogen-bond donors (Lipinski definition) is 2. The lowest BCUT2D eigenvalue weighted by Gasteiger charge is -2.29. The molecule has 1 aliphatic carbocycles. The molecule has 31 heavy (non-hydrogen) atoms. The zero-order valence-electron chi connectivity index (χ0n) is 18.7. The van der Waals surface area contributed by atoms with Crippen molar-refractivity contribution in [2.75, 3.05) is 30.9 Å². The molecule has 0 bridgehead atoms. The van der Waals surface area contributed by atoms with Gasteiger partial charge < -0.3 is 15.5 Å². The third-order valence-electron chi connectivity index (χ3n) is 5.97. The smallest absolute Gasteiger partial charge is 0.269 e. The Balaban J connectivity index is 1.32. The average Bonchev–Trinajstić information content (AvgIpc) is 3.10. The second-order valence-electron chi connectivity index (χ2n) is 8.65. The van der Waals surface area contributed by atoms with Crippen molar-refractivity contribution in [1.29, 1.82) is 0 Å². The molecule has 0 spiro atoms. The first-order valence-electron chi connectivity index (χ1n) is 10.9. The minimum Gasteiger partial charge on any atom is -0.362 e. The van der Waals surface area contributed by atoms with Crippen LogP contribution in [0, 0.1) is 12.8 Å². The molecule has 0 radical (unpaired) electrons. The molecule has 1 fully saturated rings. The number of hydrogen-bond acceptors (Lipinski definition) is 6. The van der Waals surface area contributed by atoms with Crippen molar-refractivity contribution in [3.63, 3.8) is 0 Å². The Bertz CT molecular complexity index is 1070. The zero-order valence-corrected chi connectivity index (χ0v) is 18.7. The average molecular weight is 422 g/mol. The minimum absolute atomic E-state index is 0.0517. The number of fused-ring (bicyclic) bond motifs is 1. The molecule has 0 aliphatic heterocycles. The van der Waals surface area contributed by atoms with Crippen LogP contribution in [0.3, 0.4) is 0 Å². The second kappa shape index (κ2) is 8.91. The molecular formula is C23H31N7O. The third-order valence-corrected chi connectivity index (χ3v) is 5.97. The van der Waals surface area contributed by atoms with Crippen LogP contribution in [-0.4, -0.2) is 52.3 Å². The van der Waals surface area contributed by atoms with Gasteiger partial charge in [-0.1, -0.05) is 12.1 Å². The fourth-order valence-electron chi connectivity index (χ4n) is 4.31. The molecule has 4 rings (SSSR count). The van der Waals surface area contributed by atoms with Crippen molar-refractivity contribution < 1.29 is 4.79 Å². The number of rotatable bonds is 6. The van der Waals surface area contributed by atoms with E-state index in [0.717, 1.165) is 48.1 Å². The lowest BCUT2D eigenvalue weighted by molar-refractivity contribution is 0.0934. The second-order valence-corrected chi connectivity index (χ2v) is 8.65. The number of carbonyl (C=O) groups is 1. The van der Waals surface area contributed by atoms with Crippen LogP contribution >= 0.6 is 0 Å². The lowest BCUT2D eigenvalue weighted by atomic mass is 9.86. The normalized spacial score (nSPS) is 18.7. The molecule has 1 amide bonds. The van der Waals surface area contributed by atoms with E-state index in [2.05, 4.69) is 21.8 Å². The molecule has 3 aromatic rings. The van der Waals surface area contributed by atoms with E-state index in [1.807, 2.05) is 50.2 Å². The maximum Gasteiger partial charge on any atom is 0.269 e. The number of amides is 1. The SMILES string of the molecule is Cc1cc(C(=O)NCC2CCC(Nc3nc(N(C)C)c4ccccc4n3)CC2)n(C)n1. The summed E-state index contributed by atoms with van der Waals surface area (Å²) in [6.45, 7) is 2.60. The van der Waals surface area contributed by atoms with Gasteiger partial charge in [0, 0.05) is 39.1 Å². The zero-order chi connectivity index (χ0) is 22.0. The van der Waals surface area contributed by atoms with Crippen LogP contribution in [0.4, 0.5) is 11.8 Å². The summed E-state index contributed by atoms with van der Waals surface area (Å²) in [5.41, 5.74) is 2.41. The number of benzene rings is 1. The summed E-state index contributed by atoms with van der Waals surface area (Å²) < 4.78 is 1.64. The molecule has 2 heterocycles. The first kappa shape index (κ1) is 21.1. The van der Waals surface area contributed by atoms with Crippen molar-refractivity contribution in [3.05, 3.63) is 41.7 Å². The van der Waals surface area contributed by atoms with Gasteiger partial charge in [0.05, 0.1) is 11.2 Å². The Morgan fingerprint density at radius 3 is 2.58 bits per heavy atom. The maximum atomic E-state index is 12.4. The van der Waals surface area contributed by atoms with Gasteiger partial charge in [-0.3, -0.25) is 9.48 Å². The Morgan fingerprint density at radius 1 is 1.16 bits per heavy atom. The minimum atomic E-state index is -0.0517. The van der Waals surface area contributed by atoms with E-state index in [0.29, 0.717) is 30.1 Å². The molecule has 0 atom stereocenters. The fourth-order valence-corrected chi connectivity index (χ4v) is 4.31. The standard InChI is InChI=1S/C23H31N7O/c1-15-13-20(30(4)28-15)22(31)24-14-16-9-11-17(12-10-16)25-23-26-19-8-6-5-7-18(19)21(27-23)29(2)3/h5-8,13,16-17H,9-12,14H2,1-4H3,(H,24,31)(H,25,26,27). The van der Waals surface area contributed by atoms with Crippen molar-refractivity contribution in [2.24, 2.45) is 13.0 Å². The van der Waals surface area contributed by atoms with Crippen molar-refractivity contribution >= 4 is 28.6 Å². The molecule has 1 saturated carbocycles. The summed E-state index contributed by atoms with van der Waals surface area (Å²) in [5, 5.41) is 11.9. The molecule has 164 valence electrons. The van der Waals surface area contributed by atoms with Gasteiger partial charge in [0.15, 0.2) is 0 Å². The lowest BCUT2D eigenvalue weighted by Crippen LogP contribution is -2.34. The molecular weight excluding hydrogens is 390 g/mol. The first-order valence-corrected chi connectivity index (χ1v) is 10.9. The highest BCUT2D eigenvalue weighted by atomic mass is 16.2. The Hall–Kier alpha value is -3.16. The summed E-state index contributed by atoms with van der Waals surface area (Å²) in [7, 11) is 5.81. The van der Waals surface area contributed by atoms with Gasteiger partial charge in [0.2, 0.25) is 5.95 Å². The van der Waals surface area contributed by atoms with E-state index in [1.54, 1.807) is 11.7 Å².